The third-order valence-corrected chi connectivity index (χ3v) is 2.43. The number of hydrogen-bond donors (Lipinski definition) is 1. The van der Waals surface area contributed by atoms with Crippen LogP contribution in [0, 0.1) is 6.92 Å². The average molecular weight is 247 g/mol. The van der Waals surface area contributed by atoms with Crippen LogP contribution in [0.25, 0.3) is 0 Å². The number of pyridine rings is 1. The number of phenols is 1. The Morgan fingerprint density at radius 2 is 2.12 bits per heavy atom. The van der Waals surface area contributed by atoms with E-state index < -0.39 is 0 Å². The molecule has 0 aliphatic carbocycles. The van der Waals surface area contributed by atoms with Crippen LogP contribution in [-0.2, 0) is 0 Å². The monoisotopic (exact) mass is 246 g/mol. The van der Waals surface area contributed by atoms with Gasteiger partial charge in [-0.05, 0) is 37.3 Å². The highest BCUT2D eigenvalue weighted by atomic mass is 35.5. The molecule has 0 aliphatic rings. The van der Waals surface area contributed by atoms with E-state index in [-0.39, 0.29) is 5.75 Å². The van der Waals surface area contributed by atoms with Crippen molar-refractivity contribution in [2.45, 2.75) is 6.92 Å². The topological polar surface area (TPSA) is 45.5 Å². The molecule has 0 fully saturated rings. The maximum atomic E-state index is 9.60. The summed E-state index contributed by atoms with van der Waals surface area (Å²) in [5, 5.41) is 10.2. The van der Waals surface area contributed by atoms with Crippen LogP contribution >= 0.6 is 11.6 Å². The Morgan fingerprint density at radius 1 is 1.29 bits per heavy atom. The van der Waals surface area contributed by atoms with Gasteiger partial charge >= 0.3 is 0 Å². The van der Waals surface area contributed by atoms with E-state index in [4.69, 9.17) is 11.6 Å². The number of aryl methyl sites for hydroxylation is 1. The van der Waals surface area contributed by atoms with Crippen molar-refractivity contribution in [3.05, 3.63) is 52.7 Å². The molecule has 0 bridgehead atoms. The molecular weight excluding hydrogens is 236 g/mol. The highest BCUT2D eigenvalue weighted by molar-refractivity contribution is 6.30. The molecule has 2 rings (SSSR count). The summed E-state index contributed by atoms with van der Waals surface area (Å²) in [5.74, 6) is 0.746. The summed E-state index contributed by atoms with van der Waals surface area (Å²) in [7, 11) is 0. The van der Waals surface area contributed by atoms with Crippen molar-refractivity contribution in [3.8, 4) is 5.75 Å². The maximum absolute atomic E-state index is 9.60. The largest absolute Gasteiger partial charge is 0.507 e. The fraction of sp³-hybridized carbons (Fsp3) is 0.0769. The van der Waals surface area contributed by atoms with Gasteiger partial charge in [-0.2, -0.15) is 0 Å². The van der Waals surface area contributed by atoms with Gasteiger partial charge in [0.2, 0.25) is 0 Å². The minimum Gasteiger partial charge on any atom is -0.507 e. The summed E-state index contributed by atoms with van der Waals surface area (Å²) in [6, 6.07) is 10.4. The molecule has 0 radical (unpaired) electrons. The smallest absolute Gasteiger partial charge is 0.152 e. The number of aromatic hydroxyl groups is 1. The van der Waals surface area contributed by atoms with Gasteiger partial charge in [0, 0.05) is 22.5 Å². The van der Waals surface area contributed by atoms with Crippen LogP contribution in [-0.4, -0.2) is 16.3 Å². The first-order valence-corrected chi connectivity index (χ1v) is 5.49. The number of phenolic OH excluding ortho intramolecular Hbond substituents is 1. The predicted octanol–water partition coefficient (Wildman–Crippen LogP) is 3.50. The van der Waals surface area contributed by atoms with Gasteiger partial charge in [-0.15, -0.1) is 0 Å². The summed E-state index contributed by atoms with van der Waals surface area (Å²) in [6.45, 7) is 1.90. The van der Waals surface area contributed by atoms with E-state index in [9.17, 15) is 5.11 Å². The van der Waals surface area contributed by atoms with E-state index in [0.717, 1.165) is 5.69 Å². The summed E-state index contributed by atoms with van der Waals surface area (Å²) in [6.07, 6.45) is 1.54. The maximum Gasteiger partial charge on any atom is 0.152 e. The van der Waals surface area contributed by atoms with E-state index in [2.05, 4.69) is 9.98 Å². The number of aromatic nitrogens is 1. The Bertz CT molecular complexity index is 567. The van der Waals surface area contributed by atoms with E-state index in [1.807, 2.05) is 19.1 Å². The van der Waals surface area contributed by atoms with Crippen LogP contribution < -0.4 is 0 Å². The number of hydrogen-bond acceptors (Lipinski definition) is 3. The van der Waals surface area contributed by atoms with Crippen molar-refractivity contribution in [1.29, 1.82) is 0 Å². The van der Waals surface area contributed by atoms with Crippen molar-refractivity contribution >= 4 is 23.6 Å². The Kier molecular flexibility index (Phi) is 3.40. The molecule has 4 heteroatoms. The first kappa shape index (κ1) is 11.6. The summed E-state index contributed by atoms with van der Waals surface area (Å²) in [4.78, 5) is 8.41. The molecule has 3 nitrogen and oxygen atoms in total. The van der Waals surface area contributed by atoms with Crippen molar-refractivity contribution in [1.82, 2.24) is 4.98 Å². The van der Waals surface area contributed by atoms with Crippen molar-refractivity contribution in [2.75, 3.05) is 0 Å². The van der Waals surface area contributed by atoms with Gasteiger partial charge in [-0.25, -0.2) is 9.98 Å². The number of rotatable bonds is 2. The zero-order valence-electron chi connectivity index (χ0n) is 9.26. The molecule has 1 aromatic carbocycles. The number of benzene rings is 1. The van der Waals surface area contributed by atoms with Gasteiger partial charge in [0.15, 0.2) is 5.82 Å². The van der Waals surface area contributed by atoms with Crippen LogP contribution in [0.5, 0.6) is 5.75 Å². The zero-order chi connectivity index (χ0) is 12.3. The van der Waals surface area contributed by atoms with Gasteiger partial charge in [0.1, 0.15) is 5.75 Å². The second-order valence-corrected chi connectivity index (χ2v) is 4.03. The van der Waals surface area contributed by atoms with Gasteiger partial charge in [0.05, 0.1) is 0 Å². The quantitative estimate of drug-likeness (QED) is 0.825. The molecule has 0 saturated heterocycles. The van der Waals surface area contributed by atoms with E-state index in [1.54, 1.807) is 24.4 Å². The second kappa shape index (κ2) is 4.97. The molecule has 0 unspecified atom stereocenters. The molecule has 0 saturated carbocycles. The van der Waals surface area contributed by atoms with Crippen LogP contribution in [0.15, 0.2) is 41.4 Å². The highest BCUT2D eigenvalue weighted by Crippen LogP contribution is 2.20. The lowest BCUT2D eigenvalue weighted by molar-refractivity contribution is 0.474. The molecule has 1 N–H and O–H groups in total. The second-order valence-electron chi connectivity index (χ2n) is 3.60. The van der Waals surface area contributed by atoms with Crippen LogP contribution in [0.2, 0.25) is 5.02 Å². The average Bonchev–Trinajstić information content (AvgIpc) is 2.30. The summed E-state index contributed by atoms with van der Waals surface area (Å²) < 4.78 is 0. The number of aliphatic imine (C=N–C) groups is 1. The standard InChI is InChI=1S/C13H11ClN2O/c1-9-3-2-4-13(16-9)15-8-10-7-11(14)5-6-12(10)17/h2-8,17H,1H3/b15-8+. The molecule has 17 heavy (non-hydrogen) atoms. The summed E-state index contributed by atoms with van der Waals surface area (Å²) in [5.41, 5.74) is 1.47. The van der Waals surface area contributed by atoms with E-state index >= 15 is 0 Å². The van der Waals surface area contributed by atoms with Gasteiger partial charge in [0.25, 0.3) is 0 Å². The van der Waals surface area contributed by atoms with Crippen LogP contribution in [0.1, 0.15) is 11.3 Å². The SMILES string of the molecule is Cc1cccc(/N=C/c2cc(Cl)ccc2O)n1. The molecular formula is C13H11ClN2O. The lowest BCUT2D eigenvalue weighted by Crippen LogP contribution is -1.84. The van der Waals surface area contributed by atoms with E-state index in [1.165, 1.54) is 6.07 Å². The Labute approximate surface area is 104 Å². The molecule has 1 aromatic heterocycles. The van der Waals surface area contributed by atoms with Crippen molar-refractivity contribution in [2.24, 2.45) is 4.99 Å². The molecule has 0 amide bonds. The number of nitrogens with zero attached hydrogens (tertiary/aromatic N) is 2. The van der Waals surface area contributed by atoms with Gasteiger partial charge in [-0.3, -0.25) is 0 Å². The fourth-order valence-corrected chi connectivity index (χ4v) is 1.55. The summed E-state index contributed by atoms with van der Waals surface area (Å²) >= 11 is 5.84. The zero-order valence-corrected chi connectivity index (χ0v) is 10.0. The van der Waals surface area contributed by atoms with Gasteiger partial charge in [-0.1, -0.05) is 17.7 Å². The first-order valence-electron chi connectivity index (χ1n) is 5.11. The van der Waals surface area contributed by atoms with Crippen molar-refractivity contribution < 1.29 is 5.11 Å². The molecule has 1 heterocycles. The minimum atomic E-state index is 0.144. The molecule has 0 spiro atoms. The Balaban J connectivity index is 2.29. The van der Waals surface area contributed by atoms with Crippen molar-refractivity contribution in [3.63, 3.8) is 0 Å². The van der Waals surface area contributed by atoms with Gasteiger partial charge < -0.3 is 5.11 Å². The number of halogens is 1. The normalized spacial score (nSPS) is 10.9. The third kappa shape index (κ3) is 3.04. The molecule has 2 aromatic rings. The fourth-order valence-electron chi connectivity index (χ4n) is 1.37. The highest BCUT2D eigenvalue weighted by Gasteiger charge is 1.99. The van der Waals surface area contributed by atoms with Crippen LogP contribution in [0.4, 0.5) is 5.82 Å². The predicted molar refractivity (Wildman–Crippen MR) is 69.3 cm³/mol. The Morgan fingerprint density at radius 3 is 2.88 bits per heavy atom. The Hall–Kier alpha value is -1.87. The molecule has 86 valence electrons. The lowest BCUT2D eigenvalue weighted by Gasteiger charge is -1.99. The molecule has 0 atom stereocenters. The third-order valence-electron chi connectivity index (χ3n) is 2.20. The van der Waals surface area contributed by atoms with Crippen LogP contribution in [0.3, 0.4) is 0 Å². The van der Waals surface area contributed by atoms with E-state index in [0.29, 0.717) is 16.4 Å². The molecule has 0 aliphatic heterocycles. The first-order chi connectivity index (χ1) is 8.15. The lowest BCUT2D eigenvalue weighted by atomic mass is 10.2. The minimum absolute atomic E-state index is 0.144.